The van der Waals surface area contributed by atoms with Crippen LogP contribution in [0.2, 0.25) is 0 Å². The number of aliphatic hydroxyl groups excluding tert-OH is 3. The van der Waals surface area contributed by atoms with E-state index in [1.54, 1.807) is 0 Å². The molecule has 0 rings (SSSR count). The van der Waals surface area contributed by atoms with Crippen LogP contribution >= 0.6 is 0 Å². The average molecular weight is 397 g/mol. The van der Waals surface area contributed by atoms with Crippen LogP contribution in [-0.4, -0.2) is 36.6 Å². The molecular weight excluding hydrogens is 348 g/mol. The standard InChI is InChI=1S/C18H37.3CH4O.Ti/c1-3-5-7-9-11-13-15-17-18-16-14-12-10-8-6-4-2;3*1-2;/h1,3-18H2,2H3;3*2H,1H3;/q-1;;;;. The Morgan fingerprint density at radius 1 is 0.440 bits per heavy atom. The van der Waals surface area contributed by atoms with Gasteiger partial charge in [-0.2, -0.15) is 6.42 Å². The molecule has 0 bridgehead atoms. The zero-order valence-electron chi connectivity index (χ0n) is 17.9. The first-order chi connectivity index (χ1) is 11.9. The van der Waals surface area contributed by atoms with Crippen molar-refractivity contribution in [2.24, 2.45) is 0 Å². The molecule has 0 spiro atoms. The predicted molar refractivity (Wildman–Crippen MR) is 109 cm³/mol. The predicted octanol–water partition coefficient (Wildman–Crippen LogP) is 5.90. The second-order valence-corrected chi connectivity index (χ2v) is 5.80. The van der Waals surface area contributed by atoms with E-state index in [4.69, 9.17) is 15.3 Å². The fraction of sp³-hybridized carbons (Fsp3) is 0.952. The molecule has 0 saturated carbocycles. The van der Waals surface area contributed by atoms with Crippen LogP contribution in [0.25, 0.3) is 0 Å². The molecule has 0 atom stereocenters. The van der Waals surface area contributed by atoms with Gasteiger partial charge >= 0.3 is 0 Å². The van der Waals surface area contributed by atoms with Crippen LogP contribution in [0.3, 0.4) is 0 Å². The zero-order valence-corrected chi connectivity index (χ0v) is 19.4. The summed E-state index contributed by atoms with van der Waals surface area (Å²) in [7, 11) is 3.00. The Hall–Kier alpha value is 0.594. The van der Waals surface area contributed by atoms with Gasteiger partial charge in [-0.1, -0.05) is 103 Å². The van der Waals surface area contributed by atoms with Gasteiger partial charge in [0.1, 0.15) is 0 Å². The maximum Gasteiger partial charge on any atom is 0.0319 e. The monoisotopic (exact) mass is 397 g/mol. The summed E-state index contributed by atoms with van der Waals surface area (Å²) in [6.45, 7) is 6.18. The Kier molecular flexibility index (Phi) is 72.6. The van der Waals surface area contributed by atoms with Crippen LogP contribution in [0.5, 0.6) is 0 Å². The molecule has 25 heavy (non-hydrogen) atoms. The Bertz CT molecular complexity index is 131. The van der Waals surface area contributed by atoms with Gasteiger partial charge in [0.2, 0.25) is 0 Å². The summed E-state index contributed by atoms with van der Waals surface area (Å²) in [5, 5.41) is 21.0. The Morgan fingerprint density at radius 3 is 0.840 bits per heavy atom. The molecule has 3 N–H and O–H groups in total. The molecule has 4 heteroatoms. The van der Waals surface area contributed by atoms with E-state index in [0.717, 1.165) is 27.8 Å². The smallest absolute Gasteiger partial charge is 0.0319 e. The number of rotatable bonds is 15. The average Bonchev–Trinajstić information content (AvgIpc) is 2.67. The Balaban J connectivity index is -0.000000171. The minimum absolute atomic E-state index is 0. The molecule has 0 aromatic heterocycles. The number of unbranched alkanes of at least 4 members (excludes halogenated alkanes) is 15. The van der Waals surface area contributed by atoms with Crippen molar-refractivity contribution in [3.8, 4) is 0 Å². The van der Waals surface area contributed by atoms with Crippen molar-refractivity contribution in [1.82, 2.24) is 0 Å². The van der Waals surface area contributed by atoms with Crippen molar-refractivity contribution in [3.63, 3.8) is 0 Å². The van der Waals surface area contributed by atoms with Crippen molar-refractivity contribution in [3.05, 3.63) is 6.92 Å². The maximum atomic E-state index is 7.00. The van der Waals surface area contributed by atoms with Crippen molar-refractivity contribution < 1.29 is 37.0 Å². The molecule has 0 radical (unpaired) electrons. The molecule has 156 valence electrons. The number of aliphatic hydroxyl groups is 3. The van der Waals surface area contributed by atoms with Gasteiger partial charge < -0.3 is 22.2 Å². The van der Waals surface area contributed by atoms with Gasteiger partial charge in [0, 0.05) is 43.0 Å². The summed E-state index contributed by atoms with van der Waals surface area (Å²) in [5.74, 6) is 0. The van der Waals surface area contributed by atoms with Crippen molar-refractivity contribution >= 4 is 0 Å². The molecule has 0 aliphatic heterocycles. The first-order valence-electron chi connectivity index (χ1n) is 10.0. The number of hydrogen-bond donors (Lipinski definition) is 3. The summed E-state index contributed by atoms with van der Waals surface area (Å²) >= 11 is 0. The number of hydrogen-bond acceptors (Lipinski definition) is 3. The zero-order chi connectivity index (χ0) is 19.3. The molecule has 0 saturated heterocycles. The van der Waals surface area contributed by atoms with E-state index in [0.29, 0.717) is 0 Å². The summed E-state index contributed by atoms with van der Waals surface area (Å²) in [6.07, 6.45) is 22.8. The van der Waals surface area contributed by atoms with Crippen molar-refractivity contribution in [1.29, 1.82) is 0 Å². The molecule has 0 amide bonds. The first kappa shape index (κ1) is 36.5. The van der Waals surface area contributed by atoms with Gasteiger partial charge in [0.25, 0.3) is 0 Å². The first-order valence-corrected chi connectivity index (χ1v) is 10.0. The second-order valence-electron chi connectivity index (χ2n) is 5.80. The van der Waals surface area contributed by atoms with E-state index in [1.807, 2.05) is 0 Å². The molecule has 0 aliphatic carbocycles. The van der Waals surface area contributed by atoms with Gasteiger partial charge in [0.15, 0.2) is 0 Å². The molecule has 3 nitrogen and oxygen atoms in total. The largest absolute Gasteiger partial charge is 0.400 e. The van der Waals surface area contributed by atoms with Crippen LogP contribution in [0, 0.1) is 6.92 Å². The minimum atomic E-state index is 0. The van der Waals surface area contributed by atoms with E-state index in [1.165, 1.54) is 96.3 Å². The van der Waals surface area contributed by atoms with E-state index in [9.17, 15) is 0 Å². The molecular formula is C21H49O3Ti-. The third-order valence-corrected chi connectivity index (χ3v) is 3.85. The minimum Gasteiger partial charge on any atom is -0.400 e. The van der Waals surface area contributed by atoms with Gasteiger partial charge in [-0.05, 0) is 0 Å². The molecule has 0 aromatic carbocycles. The Labute approximate surface area is 174 Å². The maximum absolute atomic E-state index is 7.00. The van der Waals surface area contributed by atoms with Crippen LogP contribution in [0.15, 0.2) is 0 Å². The van der Waals surface area contributed by atoms with Gasteiger partial charge in [-0.3, -0.25) is 0 Å². The summed E-state index contributed by atoms with van der Waals surface area (Å²) in [4.78, 5) is 0. The summed E-state index contributed by atoms with van der Waals surface area (Å²) < 4.78 is 0. The topological polar surface area (TPSA) is 60.7 Å². The van der Waals surface area contributed by atoms with Crippen LogP contribution in [0.1, 0.15) is 110 Å². The summed E-state index contributed by atoms with van der Waals surface area (Å²) in [5.41, 5.74) is 0. The van der Waals surface area contributed by atoms with Gasteiger partial charge in [0.05, 0.1) is 0 Å². The van der Waals surface area contributed by atoms with Crippen LogP contribution in [-0.2, 0) is 21.7 Å². The van der Waals surface area contributed by atoms with Crippen LogP contribution in [0.4, 0.5) is 0 Å². The van der Waals surface area contributed by atoms with E-state index in [-0.39, 0.29) is 21.7 Å². The van der Waals surface area contributed by atoms with Crippen molar-refractivity contribution in [2.45, 2.75) is 110 Å². The van der Waals surface area contributed by atoms with Gasteiger partial charge in [-0.25, -0.2) is 0 Å². The molecule has 0 fully saturated rings. The molecule has 0 unspecified atom stereocenters. The fourth-order valence-corrected chi connectivity index (χ4v) is 2.55. The van der Waals surface area contributed by atoms with Crippen molar-refractivity contribution in [2.75, 3.05) is 21.3 Å². The fourth-order valence-electron chi connectivity index (χ4n) is 2.55. The van der Waals surface area contributed by atoms with Gasteiger partial charge in [-0.15, -0.1) is 0 Å². The molecule has 0 aliphatic rings. The SMILES string of the molecule is CO.CO.CO.[CH2-]CCCCCCCCCCCCCCCCC.[Ti]. The molecule has 0 heterocycles. The normalized spacial score (nSPS) is 8.64. The summed E-state index contributed by atoms with van der Waals surface area (Å²) in [6, 6.07) is 0. The quantitative estimate of drug-likeness (QED) is 0.183. The van der Waals surface area contributed by atoms with E-state index < -0.39 is 0 Å². The van der Waals surface area contributed by atoms with E-state index in [2.05, 4.69) is 13.8 Å². The Morgan fingerprint density at radius 2 is 0.640 bits per heavy atom. The van der Waals surface area contributed by atoms with Crippen LogP contribution < -0.4 is 0 Å². The third kappa shape index (κ3) is 51.6. The van der Waals surface area contributed by atoms with E-state index >= 15 is 0 Å². The third-order valence-electron chi connectivity index (χ3n) is 3.85. The second kappa shape index (κ2) is 49.7. The molecule has 0 aromatic rings.